The van der Waals surface area contributed by atoms with Gasteiger partial charge < -0.3 is 1.43 Å². The first-order valence-electron chi connectivity index (χ1n) is 3.71. The summed E-state index contributed by atoms with van der Waals surface area (Å²) in [6.07, 6.45) is 1.88. The Kier molecular flexibility index (Phi) is 3.77. The molecule has 0 aliphatic carbocycles. The van der Waals surface area contributed by atoms with Crippen LogP contribution in [0.25, 0.3) is 5.78 Å². The Morgan fingerprint density at radius 1 is 1.57 bits per heavy atom. The van der Waals surface area contributed by atoms with Gasteiger partial charge in [0.1, 0.15) is 0 Å². The Morgan fingerprint density at radius 3 is 2.93 bits per heavy atom. The number of thioether (sulfide) groups is 1. The van der Waals surface area contributed by atoms with E-state index in [1.54, 1.807) is 6.92 Å². The van der Waals surface area contributed by atoms with Gasteiger partial charge in [0.05, 0.1) is 0 Å². The molecule has 2 aromatic rings. The number of aryl methyl sites for hydroxylation is 1. The van der Waals surface area contributed by atoms with Crippen molar-refractivity contribution in [2.75, 3.05) is 6.26 Å². The molecule has 1 N–H and O–H groups in total. The van der Waals surface area contributed by atoms with Gasteiger partial charge in [-0.3, -0.25) is 9.89 Å². The van der Waals surface area contributed by atoms with Crippen molar-refractivity contribution in [2.45, 2.75) is 12.1 Å². The molecule has 70 valence electrons. The average Bonchev–Trinajstić information content (AvgIpc) is 2.47. The SMILES string of the molecule is CSc1nc2nc(C)cc(=O)n2[nH]1.[H-].[Na+]. The van der Waals surface area contributed by atoms with Gasteiger partial charge in [0.25, 0.3) is 11.3 Å². The molecule has 0 aliphatic heterocycles. The zero-order valence-electron chi connectivity index (χ0n) is 9.24. The number of hydrogen-bond acceptors (Lipinski definition) is 4. The quantitative estimate of drug-likeness (QED) is 0.428. The smallest absolute Gasteiger partial charge is 1.00 e. The number of fused-ring (bicyclic) bond motifs is 1. The van der Waals surface area contributed by atoms with Crippen molar-refractivity contribution < 1.29 is 31.0 Å². The summed E-state index contributed by atoms with van der Waals surface area (Å²) in [4.78, 5) is 19.6. The van der Waals surface area contributed by atoms with Crippen LogP contribution in [0, 0.1) is 6.92 Å². The average molecular weight is 220 g/mol. The summed E-state index contributed by atoms with van der Waals surface area (Å²) in [5.74, 6) is 0.425. The molecule has 0 spiro atoms. The van der Waals surface area contributed by atoms with E-state index in [-0.39, 0.29) is 36.5 Å². The molecule has 14 heavy (non-hydrogen) atoms. The van der Waals surface area contributed by atoms with Gasteiger partial charge in [-0.25, -0.2) is 4.98 Å². The standard InChI is InChI=1S/C7H8N4OS.Na.H/c1-4-3-5(12)11-6(8-4)9-7(10-11)13-2;;/h3H,1-2H3,(H,8,9,10);;/q;+1;-1. The molecule has 0 saturated carbocycles. The third kappa shape index (κ3) is 2.03. The summed E-state index contributed by atoms with van der Waals surface area (Å²) < 4.78 is 1.33. The molecule has 0 saturated heterocycles. The third-order valence-electron chi connectivity index (χ3n) is 1.63. The maximum atomic E-state index is 11.4. The van der Waals surface area contributed by atoms with Crippen molar-refractivity contribution in [3.8, 4) is 0 Å². The van der Waals surface area contributed by atoms with Crippen LogP contribution in [0.4, 0.5) is 0 Å². The molecule has 0 bridgehead atoms. The van der Waals surface area contributed by atoms with Gasteiger partial charge in [-0.1, -0.05) is 11.8 Å². The Hall–Kier alpha value is -0.300. The number of rotatable bonds is 1. The molecule has 0 unspecified atom stereocenters. The first kappa shape index (κ1) is 11.8. The number of H-pyrrole nitrogens is 1. The number of nitrogens with one attached hydrogen (secondary N) is 1. The molecule has 0 fully saturated rings. The number of aromatic amines is 1. The van der Waals surface area contributed by atoms with Crippen LogP contribution >= 0.6 is 11.8 Å². The molecular weight excluding hydrogens is 211 g/mol. The Bertz CT molecular complexity index is 511. The van der Waals surface area contributed by atoms with Crippen LogP contribution < -0.4 is 35.1 Å². The maximum Gasteiger partial charge on any atom is 1.00 e. The predicted molar refractivity (Wildman–Crippen MR) is 51.2 cm³/mol. The minimum Gasteiger partial charge on any atom is -1.00 e. The van der Waals surface area contributed by atoms with Crippen LogP contribution in [0.15, 0.2) is 16.0 Å². The monoisotopic (exact) mass is 220 g/mol. The largest absolute Gasteiger partial charge is 1.00 e. The molecule has 0 amide bonds. The van der Waals surface area contributed by atoms with Crippen molar-refractivity contribution in [1.82, 2.24) is 19.6 Å². The Labute approximate surface area is 108 Å². The third-order valence-corrected chi connectivity index (χ3v) is 2.20. The predicted octanol–water partition coefficient (Wildman–Crippen LogP) is -2.44. The number of nitrogens with zero attached hydrogens (tertiary/aromatic N) is 3. The summed E-state index contributed by atoms with van der Waals surface area (Å²) in [7, 11) is 0. The van der Waals surface area contributed by atoms with E-state index in [0.717, 1.165) is 0 Å². The molecule has 7 heteroatoms. The van der Waals surface area contributed by atoms with Crippen LogP contribution in [-0.2, 0) is 0 Å². The second-order valence-corrected chi connectivity index (χ2v) is 3.40. The van der Waals surface area contributed by atoms with Gasteiger partial charge in [0.15, 0.2) is 5.16 Å². The van der Waals surface area contributed by atoms with E-state index in [0.29, 0.717) is 16.6 Å². The molecule has 5 nitrogen and oxygen atoms in total. The van der Waals surface area contributed by atoms with Crippen LogP contribution in [0.5, 0.6) is 0 Å². The van der Waals surface area contributed by atoms with Gasteiger partial charge in [0, 0.05) is 11.8 Å². The van der Waals surface area contributed by atoms with E-state index in [1.165, 1.54) is 22.3 Å². The molecule has 0 aliphatic rings. The van der Waals surface area contributed by atoms with Crippen molar-refractivity contribution in [3.05, 3.63) is 22.1 Å². The van der Waals surface area contributed by atoms with Crippen LogP contribution in [0.2, 0.25) is 0 Å². The normalized spacial score (nSPS) is 10.1. The fourth-order valence-corrected chi connectivity index (χ4v) is 1.42. The van der Waals surface area contributed by atoms with E-state index in [2.05, 4.69) is 15.1 Å². The van der Waals surface area contributed by atoms with Gasteiger partial charge in [-0.05, 0) is 13.2 Å². The maximum absolute atomic E-state index is 11.4. The molecule has 0 aromatic carbocycles. The molecule has 2 aromatic heterocycles. The zero-order valence-corrected chi connectivity index (χ0v) is 11.1. The molecule has 0 radical (unpaired) electrons. The van der Waals surface area contributed by atoms with E-state index in [9.17, 15) is 4.79 Å². The van der Waals surface area contributed by atoms with Crippen LogP contribution in [-0.4, -0.2) is 25.8 Å². The zero-order chi connectivity index (χ0) is 9.42. The Balaban J connectivity index is 0.000000980. The fraction of sp³-hybridized carbons (Fsp3) is 0.286. The van der Waals surface area contributed by atoms with Crippen molar-refractivity contribution >= 4 is 17.5 Å². The topological polar surface area (TPSA) is 63.1 Å². The van der Waals surface area contributed by atoms with Gasteiger partial charge in [-0.2, -0.15) is 9.50 Å². The van der Waals surface area contributed by atoms with Crippen molar-refractivity contribution in [3.63, 3.8) is 0 Å². The number of hydrogen-bond donors (Lipinski definition) is 1. The molecule has 2 rings (SSSR count). The second kappa shape index (κ2) is 4.48. The van der Waals surface area contributed by atoms with E-state index in [4.69, 9.17) is 0 Å². The van der Waals surface area contributed by atoms with E-state index >= 15 is 0 Å². The summed E-state index contributed by atoms with van der Waals surface area (Å²) >= 11 is 1.44. The summed E-state index contributed by atoms with van der Waals surface area (Å²) in [6.45, 7) is 1.77. The second-order valence-electron chi connectivity index (χ2n) is 2.60. The van der Waals surface area contributed by atoms with Crippen molar-refractivity contribution in [1.29, 1.82) is 0 Å². The minimum atomic E-state index is -0.129. The fourth-order valence-electron chi connectivity index (χ4n) is 1.06. The summed E-state index contributed by atoms with van der Waals surface area (Å²) in [5, 5.41) is 3.52. The van der Waals surface area contributed by atoms with Gasteiger partial charge >= 0.3 is 29.6 Å². The molecule has 0 atom stereocenters. The van der Waals surface area contributed by atoms with E-state index in [1.807, 2.05) is 6.26 Å². The summed E-state index contributed by atoms with van der Waals surface area (Å²) in [5.41, 5.74) is 0.555. The van der Waals surface area contributed by atoms with Crippen LogP contribution in [0.3, 0.4) is 0 Å². The number of aromatic nitrogens is 4. The minimum absolute atomic E-state index is 0. The first-order valence-corrected chi connectivity index (χ1v) is 4.93. The molecule has 2 heterocycles. The summed E-state index contributed by atoms with van der Waals surface area (Å²) in [6, 6.07) is 1.47. The molecular formula is C7H9N4NaOS. The van der Waals surface area contributed by atoms with Crippen LogP contribution in [0.1, 0.15) is 7.12 Å². The van der Waals surface area contributed by atoms with Gasteiger partial charge in [0.2, 0.25) is 0 Å². The van der Waals surface area contributed by atoms with Gasteiger partial charge in [-0.15, -0.1) is 0 Å². The Morgan fingerprint density at radius 2 is 2.29 bits per heavy atom. The first-order chi connectivity index (χ1) is 6.20. The van der Waals surface area contributed by atoms with E-state index < -0.39 is 0 Å². The van der Waals surface area contributed by atoms with Crippen molar-refractivity contribution in [2.24, 2.45) is 0 Å².